The highest BCUT2D eigenvalue weighted by Gasteiger charge is 2.15. The van der Waals surface area contributed by atoms with Crippen molar-refractivity contribution in [2.45, 2.75) is 32.1 Å². The van der Waals surface area contributed by atoms with E-state index < -0.39 is 0 Å². The Hall–Kier alpha value is -0.120. The van der Waals surface area contributed by atoms with Crippen LogP contribution in [0.1, 0.15) is 32.1 Å². The van der Waals surface area contributed by atoms with Crippen LogP contribution in [-0.2, 0) is 0 Å². The minimum absolute atomic E-state index is 0.322. The molecule has 0 aliphatic carbocycles. The van der Waals surface area contributed by atoms with E-state index >= 15 is 0 Å². The monoisotopic (exact) mass is 200 g/mol. The zero-order chi connectivity index (χ0) is 10.2. The Balaban J connectivity index is 2.19. The Morgan fingerprint density at radius 2 is 2.14 bits per heavy atom. The van der Waals surface area contributed by atoms with Crippen LogP contribution in [0.2, 0.25) is 0 Å². The minimum atomic E-state index is 0.322. The molecule has 0 saturated carbocycles. The Morgan fingerprint density at radius 1 is 1.29 bits per heavy atom. The molecule has 0 aromatic heterocycles. The molecule has 1 atom stereocenters. The van der Waals surface area contributed by atoms with E-state index in [2.05, 4.69) is 4.90 Å². The van der Waals surface area contributed by atoms with E-state index in [4.69, 9.17) is 10.8 Å². The molecule has 1 saturated heterocycles. The van der Waals surface area contributed by atoms with E-state index in [9.17, 15) is 0 Å². The lowest BCUT2D eigenvalue weighted by molar-refractivity contribution is 0.227. The van der Waals surface area contributed by atoms with Gasteiger partial charge in [-0.3, -0.25) is 0 Å². The van der Waals surface area contributed by atoms with Crippen molar-refractivity contribution < 1.29 is 5.11 Å². The highest BCUT2D eigenvalue weighted by Crippen LogP contribution is 2.19. The van der Waals surface area contributed by atoms with Crippen LogP contribution in [0.15, 0.2) is 0 Å². The molecule has 1 fully saturated rings. The van der Waals surface area contributed by atoms with E-state index in [-0.39, 0.29) is 0 Å². The lowest BCUT2D eigenvalue weighted by Crippen LogP contribution is -2.26. The summed E-state index contributed by atoms with van der Waals surface area (Å²) < 4.78 is 0. The highest BCUT2D eigenvalue weighted by molar-refractivity contribution is 4.70. The first-order valence-electron chi connectivity index (χ1n) is 5.90. The molecule has 1 rings (SSSR count). The smallest absolute Gasteiger partial charge is 0.0443 e. The molecule has 0 spiro atoms. The molecule has 3 nitrogen and oxygen atoms in total. The number of rotatable bonds is 5. The lowest BCUT2D eigenvalue weighted by Gasteiger charge is -2.19. The Kier molecular flexibility index (Phi) is 6.15. The van der Waals surface area contributed by atoms with Gasteiger partial charge in [0, 0.05) is 13.2 Å². The second kappa shape index (κ2) is 7.21. The summed E-state index contributed by atoms with van der Waals surface area (Å²) in [5, 5.41) is 8.76. The number of aliphatic hydroxyl groups is 1. The highest BCUT2D eigenvalue weighted by atomic mass is 16.3. The van der Waals surface area contributed by atoms with E-state index in [1.165, 1.54) is 38.8 Å². The summed E-state index contributed by atoms with van der Waals surface area (Å²) in [6, 6.07) is 0. The van der Waals surface area contributed by atoms with Gasteiger partial charge in [-0.2, -0.15) is 0 Å². The van der Waals surface area contributed by atoms with E-state index in [0.29, 0.717) is 6.61 Å². The predicted octanol–water partition coefficient (Wildman–Crippen LogP) is 0.820. The van der Waals surface area contributed by atoms with Gasteiger partial charge < -0.3 is 15.7 Å². The van der Waals surface area contributed by atoms with Crippen molar-refractivity contribution in [2.24, 2.45) is 11.7 Å². The maximum atomic E-state index is 8.76. The van der Waals surface area contributed by atoms with Crippen LogP contribution >= 0.6 is 0 Å². The number of nitrogens with two attached hydrogens (primary N) is 1. The Bertz CT molecular complexity index is 141. The molecular weight excluding hydrogens is 176 g/mol. The van der Waals surface area contributed by atoms with Gasteiger partial charge >= 0.3 is 0 Å². The van der Waals surface area contributed by atoms with Crippen molar-refractivity contribution >= 4 is 0 Å². The van der Waals surface area contributed by atoms with Crippen LogP contribution < -0.4 is 5.73 Å². The molecule has 0 bridgehead atoms. The Morgan fingerprint density at radius 3 is 2.86 bits per heavy atom. The van der Waals surface area contributed by atoms with E-state index in [1.54, 1.807) is 0 Å². The third-order valence-electron chi connectivity index (χ3n) is 3.15. The molecular formula is C11H24N2O. The van der Waals surface area contributed by atoms with Crippen molar-refractivity contribution in [2.75, 3.05) is 32.8 Å². The van der Waals surface area contributed by atoms with Gasteiger partial charge in [-0.1, -0.05) is 0 Å². The maximum absolute atomic E-state index is 8.76. The standard InChI is InChI=1S/C11H24N2O/c12-6-4-11-3-1-7-13(9-5-11)8-2-10-14/h11,14H,1-10,12H2. The van der Waals surface area contributed by atoms with Crippen molar-refractivity contribution in [1.82, 2.24) is 4.90 Å². The van der Waals surface area contributed by atoms with E-state index in [1.807, 2.05) is 0 Å². The molecule has 0 aromatic rings. The van der Waals surface area contributed by atoms with E-state index in [0.717, 1.165) is 25.4 Å². The topological polar surface area (TPSA) is 49.5 Å². The molecule has 1 aliphatic heterocycles. The zero-order valence-corrected chi connectivity index (χ0v) is 9.12. The molecule has 0 aromatic carbocycles. The Labute approximate surface area is 87.3 Å². The molecule has 0 radical (unpaired) electrons. The fourth-order valence-corrected chi connectivity index (χ4v) is 2.27. The van der Waals surface area contributed by atoms with Gasteiger partial charge in [-0.05, 0) is 57.7 Å². The first kappa shape index (κ1) is 12.0. The summed E-state index contributed by atoms with van der Waals surface area (Å²) in [5.41, 5.74) is 5.58. The lowest BCUT2D eigenvalue weighted by atomic mass is 9.97. The summed E-state index contributed by atoms with van der Waals surface area (Å²) in [7, 11) is 0. The minimum Gasteiger partial charge on any atom is -0.396 e. The molecule has 0 amide bonds. The van der Waals surface area contributed by atoms with Gasteiger partial charge in [0.2, 0.25) is 0 Å². The van der Waals surface area contributed by atoms with Crippen LogP contribution in [0, 0.1) is 5.92 Å². The van der Waals surface area contributed by atoms with Gasteiger partial charge in [0.1, 0.15) is 0 Å². The normalized spacial score (nSPS) is 24.9. The number of likely N-dealkylation sites (tertiary alicyclic amines) is 1. The van der Waals surface area contributed by atoms with Crippen molar-refractivity contribution in [3.05, 3.63) is 0 Å². The average Bonchev–Trinajstić information content (AvgIpc) is 2.41. The fourth-order valence-electron chi connectivity index (χ4n) is 2.27. The van der Waals surface area contributed by atoms with Crippen LogP contribution in [-0.4, -0.2) is 42.8 Å². The molecule has 14 heavy (non-hydrogen) atoms. The van der Waals surface area contributed by atoms with Crippen LogP contribution in [0.25, 0.3) is 0 Å². The van der Waals surface area contributed by atoms with Crippen LogP contribution in [0.3, 0.4) is 0 Å². The largest absolute Gasteiger partial charge is 0.396 e. The SMILES string of the molecule is NCCC1CCCN(CCCO)CC1. The first-order chi connectivity index (χ1) is 6.86. The molecule has 1 unspecified atom stereocenters. The number of hydrogen-bond donors (Lipinski definition) is 2. The first-order valence-corrected chi connectivity index (χ1v) is 5.90. The molecule has 3 N–H and O–H groups in total. The summed E-state index contributed by atoms with van der Waals surface area (Å²) in [4.78, 5) is 2.48. The van der Waals surface area contributed by atoms with Gasteiger partial charge in [-0.15, -0.1) is 0 Å². The summed E-state index contributed by atoms with van der Waals surface area (Å²) in [5.74, 6) is 0.846. The summed E-state index contributed by atoms with van der Waals surface area (Å²) >= 11 is 0. The van der Waals surface area contributed by atoms with Gasteiger partial charge in [-0.25, -0.2) is 0 Å². The van der Waals surface area contributed by atoms with Crippen molar-refractivity contribution in [3.63, 3.8) is 0 Å². The molecule has 1 heterocycles. The third-order valence-corrected chi connectivity index (χ3v) is 3.15. The van der Waals surface area contributed by atoms with Gasteiger partial charge in [0.15, 0.2) is 0 Å². The molecule has 1 aliphatic rings. The predicted molar refractivity (Wildman–Crippen MR) is 59.2 cm³/mol. The van der Waals surface area contributed by atoms with Crippen LogP contribution in [0.4, 0.5) is 0 Å². The average molecular weight is 200 g/mol. The maximum Gasteiger partial charge on any atom is 0.0443 e. The summed E-state index contributed by atoms with van der Waals surface area (Å²) in [6.45, 7) is 4.63. The summed E-state index contributed by atoms with van der Waals surface area (Å²) in [6.07, 6.45) is 6.04. The molecule has 3 heteroatoms. The van der Waals surface area contributed by atoms with Gasteiger partial charge in [0.05, 0.1) is 0 Å². The van der Waals surface area contributed by atoms with Gasteiger partial charge in [0.25, 0.3) is 0 Å². The second-order valence-corrected chi connectivity index (χ2v) is 4.29. The number of nitrogens with zero attached hydrogens (tertiary/aromatic N) is 1. The third kappa shape index (κ3) is 4.40. The zero-order valence-electron chi connectivity index (χ0n) is 9.12. The number of hydrogen-bond acceptors (Lipinski definition) is 3. The molecule has 84 valence electrons. The quantitative estimate of drug-likeness (QED) is 0.691. The number of aliphatic hydroxyl groups excluding tert-OH is 1. The van der Waals surface area contributed by atoms with Crippen LogP contribution in [0.5, 0.6) is 0 Å². The van der Waals surface area contributed by atoms with Crippen molar-refractivity contribution in [1.29, 1.82) is 0 Å². The second-order valence-electron chi connectivity index (χ2n) is 4.29. The van der Waals surface area contributed by atoms with Crippen molar-refractivity contribution in [3.8, 4) is 0 Å². The fraction of sp³-hybridized carbons (Fsp3) is 1.00.